The van der Waals surface area contributed by atoms with E-state index < -0.39 is 40.9 Å². The predicted octanol–water partition coefficient (Wildman–Crippen LogP) is -0.240. The Morgan fingerprint density at radius 2 is 2.21 bits per heavy atom. The Morgan fingerprint density at radius 3 is 2.79 bits per heavy atom. The summed E-state index contributed by atoms with van der Waals surface area (Å²) in [5, 5.41) is 23.2. The summed E-state index contributed by atoms with van der Waals surface area (Å²) in [6, 6.07) is 1.90. The van der Waals surface area contributed by atoms with E-state index in [2.05, 4.69) is 10.5 Å². The van der Waals surface area contributed by atoms with E-state index in [1.54, 1.807) is 0 Å². The number of furan rings is 1. The fourth-order valence-corrected chi connectivity index (χ4v) is 4.14. The van der Waals surface area contributed by atoms with Crippen molar-refractivity contribution in [1.82, 2.24) is 10.2 Å². The molecule has 3 rings (SSSR count). The minimum absolute atomic E-state index is 0.00899. The first-order valence-corrected chi connectivity index (χ1v) is 9.00. The van der Waals surface area contributed by atoms with Crippen LogP contribution in [0.2, 0.25) is 0 Å². The van der Waals surface area contributed by atoms with Crippen molar-refractivity contribution in [1.29, 1.82) is 0 Å². The van der Waals surface area contributed by atoms with E-state index in [4.69, 9.17) is 14.4 Å². The molecular weight excluding hydrogens is 394 g/mol. The first kappa shape index (κ1) is 19.5. The third kappa shape index (κ3) is 3.45. The number of carboxylic acids is 1. The molecule has 1 aromatic heterocycles. The first-order chi connectivity index (χ1) is 13.3. The van der Waals surface area contributed by atoms with Gasteiger partial charge in [0.15, 0.2) is 5.76 Å². The molecule has 28 heavy (non-hydrogen) atoms. The van der Waals surface area contributed by atoms with Crippen LogP contribution in [0, 0.1) is 0 Å². The lowest BCUT2D eigenvalue weighted by Gasteiger charge is -2.49. The number of carboxylic acid groups (broad SMARTS) is 1. The summed E-state index contributed by atoms with van der Waals surface area (Å²) in [5.41, 5.74) is -0.389. The van der Waals surface area contributed by atoms with Crippen LogP contribution >= 0.6 is 11.8 Å². The quantitative estimate of drug-likeness (QED) is 0.189. The minimum Gasteiger partial charge on any atom is -0.477 e. The summed E-state index contributed by atoms with van der Waals surface area (Å²) in [7, 11) is 0. The maximum atomic E-state index is 12.5. The van der Waals surface area contributed by atoms with E-state index in [0.29, 0.717) is 0 Å². The summed E-state index contributed by atoms with van der Waals surface area (Å²) in [6.45, 7) is 0.955. The average Bonchev–Trinajstić information content (AvgIpc) is 3.18. The van der Waals surface area contributed by atoms with Gasteiger partial charge in [0.1, 0.15) is 23.7 Å². The third-order valence-corrected chi connectivity index (χ3v) is 5.40. The Kier molecular flexibility index (Phi) is 5.40. The number of carbonyl (C=O) groups excluding carboxylic acids is 3. The van der Waals surface area contributed by atoms with Crippen molar-refractivity contribution in [3.63, 3.8) is 0 Å². The largest absolute Gasteiger partial charge is 0.477 e. The molecule has 3 heterocycles. The molecule has 0 aliphatic carbocycles. The zero-order valence-corrected chi connectivity index (χ0v) is 15.3. The predicted molar refractivity (Wildman–Crippen MR) is 93.3 cm³/mol. The van der Waals surface area contributed by atoms with Crippen molar-refractivity contribution in [3.8, 4) is 0 Å². The highest BCUT2D eigenvalue weighted by molar-refractivity contribution is 8.00. The number of hydrogen-bond acceptors (Lipinski definition) is 9. The highest BCUT2D eigenvalue weighted by Gasteiger charge is 2.54. The average molecular weight is 409 g/mol. The lowest BCUT2D eigenvalue weighted by molar-refractivity contribution is -0.150. The van der Waals surface area contributed by atoms with Gasteiger partial charge in [-0.1, -0.05) is 5.16 Å². The number of hydrogen-bond donors (Lipinski definition) is 3. The summed E-state index contributed by atoms with van der Waals surface area (Å²) in [5.74, 6) is -3.18. The van der Waals surface area contributed by atoms with Gasteiger partial charge in [0.25, 0.3) is 11.8 Å². The van der Waals surface area contributed by atoms with E-state index in [1.165, 1.54) is 37.1 Å². The lowest BCUT2D eigenvalue weighted by atomic mass is 10.0. The molecule has 12 heteroatoms. The van der Waals surface area contributed by atoms with Crippen molar-refractivity contribution in [2.24, 2.45) is 5.16 Å². The fraction of sp³-hybridized carbons (Fsp3) is 0.312. The van der Waals surface area contributed by atoms with Gasteiger partial charge in [-0.15, -0.1) is 11.8 Å². The molecule has 3 N–H and O–H groups in total. The second-order valence-corrected chi connectivity index (χ2v) is 6.93. The lowest BCUT2D eigenvalue weighted by Crippen LogP contribution is -2.71. The van der Waals surface area contributed by atoms with Crippen LogP contribution in [0.3, 0.4) is 0 Å². The molecule has 2 aliphatic rings. The smallest absolute Gasteiger partial charge is 0.352 e. The maximum Gasteiger partial charge on any atom is 0.352 e. The van der Waals surface area contributed by atoms with Crippen LogP contribution in [0.1, 0.15) is 12.7 Å². The van der Waals surface area contributed by atoms with Gasteiger partial charge in [0, 0.05) is 18.2 Å². The van der Waals surface area contributed by atoms with Gasteiger partial charge in [0.05, 0.1) is 6.26 Å². The number of thioether (sulfide) groups is 1. The van der Waals surface area contributed by atoms with Crippen molar-refractivity contribution >= 4 is 41.2 Å². The number of esters is 1. The van der Waals surface area contributed by atoms with Crippen molar-refractivity contribution in [2.45, 2.75) is 18.3 Å². The summed E-state index contributed by atoms with van der Waals surface area (Å²) >= 11 is 1.22. The van der Waals surface area contributed by atoms with Gasteiger partial charge in [-0.2, -0.15) is 0 Å². The monoisotopic (exact) mass is 409 g/mol. The molecule has 0 unspecified atom stereocenters. The molecule has 0 spiro atoms. The Hall–Kier alpha value is -3.28. The topological polar surface area (TPSA) is 159 Å². The Bertz CT molecular complexity index is 892. The van der Waals surface area contributed by atoms with Crippen LogP contribution < -0.4 is 5.32 Å². The van der Waals surface area contributed by atoms with Gasteiger partial charge in [-0.05, 0) is 12.1 Å². The first-order valence-electron chi connectivity index (χ1n) is 7.95. The number of β-lactam (4-membered cyclic amide) rings is 1. The molecule has 0 radical (unpaired) electrons. The van der Waals surface area contributed by atoms with Gasteiger partial charge >= 0.3 is 11.9 Å². The molecule has 148 valence electrons. The summed E-state index contributed by atoms with van der Waals surface area (Å²) in [6.07, 6.45) is 1.29. The van der Waals surface area contributed by atoms with Crippen LogP contribution in [0.25, 0.3) is 0 Å². The molecule has 2 amide bonds. The molecule has 2 aliphatic heterocycles. The zero-order valence-electron chi connectivity index (χ0n) is 14.4. The summed E-state index contributed by atoms with van der Waals surface area (Å²) < 4.78 is 9.85. The number of carbonyl (C=O) groups is 4. The van der Waals surface area contributed by atoms with Crippen LogP contribution in [-0.2, 0) is 23.9 Å². The van der Waals surface area contributed by atoms with E-state index in [0.717, 1.165) is 4.90 Å². The van der Waals surface area contributed by atoms with E-state index in [1.807, 2.05) is 0 Å². The van der Waals surface area contributed by atoms with Crippen molar-refractivity contribution in [3.05, 3.63) is 35.4 Å². The molecule has 0 aromatic carbocycles. The SMILES string of the molecule is CC(=O)OCC1=C(C(=O)O)N2C(=O)[C@@H](NC(=O)C(=NO)c3ccco3)[C@@H]2SC1. The molecular formula is C16H15N3O8S. The molecule has 1 aromatic rings. The number of nitrogens with one attached hydrogen (secondary N) is 1. The van der Waals surface area contributed by atoms with E-state index in [9.17, 15) is 24.3 Å². The molecule has 2 atom stereocenters. The zero-order chi connectivity index (χ0) is 20.4. The second kappa shape index (κ2) is 7.76. The van der Waals surface area contributed by atoms with Gasteiger partial charge in [0.2, 0.25) is 5.71 Å². The van der Waals surface area contributed by atoms with Crippen LogP contribution in [0.5, 0.6) is 0 Å². The normalized spacial score (nSPS) is 21.7. The highest BCUT2D eigenvalue weighted by Crippen LogP contribution is 2.40. The number of rotatable bonds is 6. The van der Waals surface area contributed by atoms with E-state index >= 15 is 0 Å². The fourth-order valence-electron chi connectivity index (χ4n) is 2.81. The molecule has 11 nitrogen and oxygen atoms in total. The van der Waals surface area contributed by atoms with Crippen molar-refractivity contribution < 1.29 is 38.6 Å². The molecule has 0 saturated carbocycles. The maximum absolute atomic E-state index is 12.5. The number of ether oxygens (including phenoxy) is 1. The number of fused-ring (bicyclic) bond motifs is 1. The van der Waals surface area contributed by atoms with Gasteiger partial charge < -0.3 is 24.8 Å². The molecule has 1 fully saturated rings. The molecule has 1 saturated heterocycles. The van der Waals surface area contributed by atoms with Crippen LogP contribution in [0.4, 0.5) is 0 Å². The Balaban J connectivity index is 1.76. The van der Waals surface area contributed by atoms with Crippen molar-refractivity contribution in [2.75, 3.05) is 12.4 Å². The Labute approximate surface area is 162 Å². The molecule has 0 bridgehead atoms. The standard InChI is InChI=1S/C16H15N3O8S/c1-7(20)27-5-8-6-28-15-11(14(22)19(15)12(8)16(23)24)17-13(21)10(18-25)9-3-2-4-26-9/h2-4,11,15,25H,5-6H2,1H3,(H,17,21)(H,23,24)/t11-,15+/m1/s1. The number of nitrogens with zero attached hydrogens (tertiary/aromatic N) is 2. The number of amides is 2. The highest BCUT2D eigenvalue weighted by atomic mass is 32.2. The van der Waals surface area contributed by atoms with Crippen LogP contribution in [-0.4, -0.2) is 68.5 Å². The Morgan fingerprint density at radius 1 is 1.46 bits per heavy atom. The van der Waals surface area contributed by atoms with Gasteiger partial charge in [-0.3, -0.25) is 19.3 Å². The number of oxime groups is 1. The second-order valence-electron chi connectivity index (χ2n) is 5.82. The summed E-state index contributed by atoms with van der Waals surface area (Å²) in [4.78, 5) is 48.5. The van der Waals surface area contributed by atoms with E-state index in [-0.39, 0.29) is 29.4 Å². The minimum atomic E-state index is -1.33. The third-order valence-electron chi connectivity index (χ3n) is 4.06. The number of aliphatic carboxylic acids is 1. The van der Waals surface area contributed by atoms with Gasteiger partial charge in [-0.25, -0.2) is 4.79 Å². The van der Waals surface area contributed by atoms with Crippen LogP contribution in [0.15, 0.2) is 39.2 Å².